The van der Waals surface area contributed by atoms with Crippen LogP contribution in [0.2, 0.25) is 0 Å². The quantitative estimate of drug-likeness (QED) is 0.830. The van der Waals surface area contributed by atoms with Crippen LogP contribution in [-0.2, 0) is 10.2 Å². The number of imidazole rings is 1. The summed E-state index contributed by atoms with van der Waals surface area (Å²) in [6, 6.07) is 7.68. The number of benzene rings is 1. The molecule has 1 heterocycles. The fourth-order valence-corrected chi connectivity index (χ4v) is 1.74. The Morgan fingerprint density at radius 1 is 1.44 bits per heavy atom. The number of aromatic nitrogens is 2. The van der Waals surface area contributed by atoms with Crippen LogP contribution in [-0.4, -0.2) is 21.0 Å². The Morgan fingerprint density at radius 2 is 2.12 bits per heavy atom. The lowest BCUT2D eigenvalue weighted by molar-refractivity contribution is -0.138. The van der Waals surface area contributed by atoms with Crippen LogP contribution in [0.1, 0.15) is 26.1 Å². The Kier molecular flexibility index (Phi) is 2.42. The molecule has 0 spiro atoms. The van der Waals surface area contributed by atoms with Gasteiger partial charge in [-0.05, 0) is 12.1 Å². The average Bonchev–Trinajstić information content (AvgIpc) is 2.59. The third-order valence-electron chi connectivity index (χ3n) is 2.62. The van der Waals surface area contributed by atoms with E-state index in [1.807, 2.05) is 38.1 Å². The third kappa shape index (κ3) is 1.91. The number of rotatable bonds is 3. The van der Waals surface area contributed by atoms with E-state index in [0.29, 0.717) is 0 Å². The van der Waals surface area contributed by atoms with Gasteiger partial charge in [-0.15, -0.1) is 0 Å². The first-order chi connectivity index (χ1) is 7.49. The molecule has 1 aromatic heterocycles. The van der Waals surface area contributed by atoms with E-state index in [1.54, 1.807) is 0 Å². The Labute approximate surface area is 93.3 Å². The van der Waals surface area contributed by atoms with Crippen LogP contribution in [0.4, 0.5) is 0 Å². The summed E-state index contributed by atoms with van der Waals surface area (Å²) >= 11 is 0. The van der Waals surface area contributed by atoms with E-state index in [2.05, 4.69) is 9.97 Å². The van der Waals surface area contributed by atoms with Gasteiger partial charge in [0.15, 0.2) is 0 Å². The van der Waals surface area contributed by atoms with Gasteiger partial charge in [-0.25, -0.2) is 4.98 Å². The Morgan fingerprint density at radius 3 is 2.75 bits per heavy atom. The van der Waals surface area contributed by atoms with Crippen LogP contribution >= 0.6 is 0 Å². The van der Waals surface area contributed by atoms with Gasteiger partial charge in [0.05, 0.1) is 17.5 Å². The predicted molar refractivity (Wildman–Crippen MR) is 61.4 cm³/mol. The summed E-state index contributed by atoms with van der Waals surface area (Å²) in [5.41, 5.74) is 1.33. The number of aromatic amines is 1. The maximum atomic E-state index is 10.8. The summed E-state index contributed by atoms with van der Waals surface area (Å²) in [6.07, 6.45) is 0.0623. The summed E-state index contributed by atoms with van der Waals surface area (Å²) < 4.78 is 0. The van der Waals surface area contributed by atoms with Crippen LogP contribution < -0.4 is 0 Å². The Balaban J connectivity index is 2.43. The molecule has 84 valence electrons. The lowest BCUT2D eigenvalue weighted by Crippen LogP contribution is -2.23. The fraction of sp³-hybridized carbons (Fsp3) is 0.333. The number of nitrogens with zero attached hydrogens (tertiary/aromatic N) is 1. The van der Waals surface area contributed by atoms with Gasteiger partial charge in [-0.3, -0.25) is 4.79 Å². The molecule has 0 atom stereocenters. The van der Waals surface area contributed by atoms with Crippen LogP contribution in [0.3, 0.4) is 0 Å². The van der Waals surface area contributed by atoms with E-state index in [0.717, 1.165) is 16.9 Å². The monoisotopic (exact) mass is 218 g/mol. The number of aliphatic carboxylic acids is 1. The molecule has 0 amide bonds. The number of para-hydroxylation sites is 2. The van der Waals surface area contributed by atoms with Gasteiger partial charge in [-0.2, -0.15) is 0 Å². The number of carboxylic acids is 1. The summed E-state index contributed by atoms with van der Waals surface area (Å²) in [4.78, 5) is 18.3. The summed E-state index contributed by atoms with van der Waals surface area (Å²) in [5, 5.41) is 8.84. The fourth-order valence-electron chi connectivity index (χ4n) is 1.74. The first kappa shape index (κ1) is 10.7. The molecule has 16 heavy (non-hydrogen) atoms. The number of hydrogen-bond donors (Lipinski definition) is 2. The molecule has 0 aliphatic heterocycles. The van der Waals surface area contributed by atoms with Crippen LogP contribution in [0, 0.1) is 0 Å². The Bertz CT molecular complexity index is 496. The van der Waals surface area contributed by atoms with Crippen LogP contribution in [0.15, 0.2) is 24.3 Å². The molecule has 0 bridgehead atoms. The Hall–Kier alpha value is -1.84. The molecular formula is C12H14N2O2. The predicted octanol–water partition coefficient (Wildman–Crippen LogP) is 2.32. The molecule has 2 rings (SSSR count). The normalized spacial score (nSPS) is 11.9. The van der Waals surface area contributed by atoms with Crippen molar-refractivity contribution >= 4 is 17.0 Å². The van der Waals surface area contributed by atoms with Crippen molar-refractivity contribution in [3.63, 3.8) is 0 Å². The number of carbonyl (C=O) groups is 1. The van der Waals surface area contributed by atoms with Gasteiger partial charge >= 0.3 is 5.97 Å². The molecule has 2 N–H and O–H groups in total. The number of H-pyrrole nitrogens is 1. The summed E-state index contributed by atoms with van der Waals surface area (Å²) in [7, 11) is 0. The van der Waals surface area contributed by atoms with Crippen molar-refractivity contribution in [3.05, 3.63) is 30.1 Å². The molecule has 0 aliphatic rings. The molecule has 0 radical (unpaired) electrons. The number of nitrogens with one attached hydrogen (secondary N) is 1. The van der Waals surface area contributed by atoms with E-state index in [4.69, 9.17) is 5.11 Å². The molecule has 4 nitrogen and oxygen atoms in total. The zero-order valence-corrected chi connectivity index (χ0v) is 9.32. The van der Waals surface area contributed by atoms with E-state index < -0.39 is 11.4 Å². The van der Waals surface area contributed by atoms with Crippen molar-refractivity contribution in [3.8, 4) is 0 Å². The lowest BCUT2D eigenvalue weighted by Gasteiger charge is -2.18. The van der Waals surface area contributed by atoms with Gasteiger partial charge in [0, 0.05) is 5.41 Å². The van der Waals surface area contributed by atoms with Gasteiger partial charge < -0.3 is 10.1 Å². The van der Waals surface area contributed by atoms with Gasteiger partial charge in [-0.1, -0.05) is 26.0 Å². The standard InChI is InChI=1S/C12H14N2O2/c1-12(2,7-10(15)16)11-13-8-5-3-4-6-9(8)14-11/h3-6H,7H2,1-2H3,(H,13,14)(H,15,16). The SMILES string of the molecule is CC(C)(CC(=O)O)c1nc2ccccc2[nH]1. The number of hydrogen-bond acceptors (Lipinski definition) is 2. The van der Waals surface area contributed by atoms with Crippen molar-refractivity contribution in [2.45, 2.75) is 25.7 Å². The summed E-state index contributed by atoms with van der Waals surface area (Å²) in [6.45, 7) is 3.75. The van der Waals surface area contributed by atoms with Gasteiger partial charge in [0.2, 0.25) is 0 Å². The maximum Gasteiger partial charge on any atom is 0.304 e. The van der Waals surface area contributed by atoms with Crippen molar-refractivity contribution in [2.75, 3.05) is 0 Å². The van der Waals surface area contributed by atoms with E-state index in [9.17, 15) is 4.79 Å². The third-order valence-corrected chi connectivity index (χ3v) is 2.62. The highest BCUT2D eigenvalue weighted by atomic mass is 16.4. The second-order valence-corrected chi connectivity index (χ2v) is 4.56. The largest absolute Gasteiger partial charge is 0.481 e. The number of carboxylic acid groups (broad SMARTS) is 1. The van der Waals surface area contributed by atoms with Crippen LogP contribution in [0.5, 0.6) is 0 Å². The minimum atomic E-state index is -0.814. The summed E-state index contributed by atoms with van der Waals surface area (Å²) in [5.74, 6) is -0.0958. The van der Waals surface area contributed by atoms with E-state index >= 15 is 0 Å². The average molecular weight is 218 g/mol. The molecule has 2 aromatic rings. The van der Waals surface area contributed by atoms with E-state index in [1.165, 1.54) is 0 Å². The zero-order valence-electron chi connectivity index (χ0n) is 9.32. The molecule has 0 saturated heterocycles. The topological polar surface area (TPSA) is 66.0 Å². The molecule has 0 saturated carbocycles. The van der Waals surface area contributed by atoms with Crippen LogP contribution in [0.25, 0.3) is 11.0 Å². The van der Waals surface area contributed by atoms with Crippen molar-refractivity contribution in [2.24, 2.45) is 0 Å². The minimum absolute atomic E-state index is 0.0623. The van der Waals surface area contributed by atoms with Crippen molar-refractivity contribution < 1.29 is 9.90 Å². The minimum Gasteiger partial charge on any atom is -0.481 e. The first-order valence-electron chi connectivity index (χ1n) is 5.16. The van der Waals surface area contributed by atoms with Crippen molar-refractivity contribution in [1.29, 1.82) is 0 Å². The second-order valence-electron chi connectivity index (χ2n) is 4.56. The molecule has 0 fully saturated rings. The van der Waals surface area contributed by atoms with Gasteiger partial charge in [0.1, 0.15) is 5.82 Å². The zero-order chi connectivity index (χ0) is 11.8. The molecule has 1 aromatic carbocycles. The highest BCUT2D eigenvalue weighted by molar-refractivity contribution is 5.75. The van der Waals surface area contributed by atoms with Gasteiger partial charge in [0.25, 0.3) is 0 Å². The molecule has 0 unspecified atom stereocenters. The number of fused-ring (bicyclic) bond motifs is 1. The lowest BCUT2D eigenvalue weighted by atomic mass is 9.88. The molecule has 0 aliphatic carbocycles. The van der Waals surface area contributed by atoms with Crippen molar-refractivity contribution in [1.82, 2.24) is 9.97 Å². The maximum absolute atomic E-state index is 10.8. The smallest absolute Gasteiger partial charge is 0.304 e. The molecular weight excluding hydrogens is 204 g/mol. The first-order valence-corrected chi connectivity index (χ1v) is 5.16. The highest BCUT2D eigenvalue weighted by Crippen LogP contribution is 2.26. The van der Waals surface area contributed by atoms with E-state index in [-0.39, 0.29) is 6.42 Å². The second kappa shape index (κ2) is 3.63. The molecule has 4 heteroatoms. The highest BCUT2D eigenvalue weighted by Gasteiger charge is 2.27.